The molecule has 0 fully saturated rings. The van der Waals surface area contributed by atoms with E-state index in [1.165, 1.54) is 30.3 Å². The molecule has 0 aliphatic rings. The molecule has 0 saturated heterocycles. The first-order valence-electron chi connectivity index (χ1n) is 9.76. The maximum Gasteiger partial charge on any atom is 0.264 e. The Morgan fingerprint density at radius 3 is 2.31 bits per heavy atom. The molecular formula is C23H22Cl2N2O4S. The Kier molecular flexibility index (Phi) is 8.01. The van der Waals surface area contributed by atoms with Crippen molar-refractivity contribution in [3.8, 4) is 5.75 Å². The molecule has 6 nitrogen and oxygen atoms in total. The molecule has 3 rings (SSSR count). The molecule has 9 heteroatoms. The first kappa shape index (κ1) is 23.9. The Morgan fingerprint density at radius 2 is 1.66 bits per heavy atom. The van der Waals surface area contributed by atoms with Gasteiger partial charge in [0.2, 0.25) is 5.91 Å². The van der Waals surface area contributed by atoms with Crippen molar-refractivity contribution in [3.05, 3.63) is 88.4 Å². The van der Waals surface area contributed by atoms with Gasteiger partial charge in [-0.2, -0.15) is 0 Å². The minimum absolute atomic E-state index is 0.0570. The number of sulfonamides is 1. The topological polar surface area (TPSA) is 75.7 Å². The number of aryl methyl sites for hydroxylation is 1. The molecule has 32 heavy (non-hydrogen) atoms. The van der Waals surface area contributed by atoms with Crippen molar-refractivity contribution >= 4 is 44.8 Å². The second-order valence-corrected chi connectivity index (χ2v) is 9.61. The van der Waals surface area contributed by atoms with Gasteiger partial charge in [0, 0.05) is 0 Å². The summed E-state index contributed by atoms with van der Waals surface area (Å²) in [6, 6.07) is 19.8. The van der Waals surface area contributed by atoms with Crippen LogP contribution in [0.3, 0.4) is 0 Å². The molecule has 168 valence electrons. The summed E-state index contributed by atoms with van der Waals surface area (Å²) >= 11 is 12.1. The maximum atomic E-state index is 13.3. The number of hydrogen-bond donors (Lipinski definition) is 1. The summed E-state index contributed by atoms with van der Waals surface area (Å²) in [6.45, 7) is 2.01. The van der Waals surface area contributed by atoms with Crippen LogP contribution >= 0.6 is 23.2 Å². The minimum atomic E-state index is -4.02. The lowest BCUT2D eigenvalue weighted by Gasteiger charge is -2.24. The average molecular weight is 493 g/mol. The SMILES string of the molecule is Cc1ccc(OCCNC(=O)CN(c2ccc(Cl)c(Cl)c2)S(=O)(=O)c2ccccc2)cc1. The van der Waals surface area contributed by atoms with E-state index in [-0.39, 0.29) is 33.8 Å². The zero-order valence-electron chi connectivity index (χ0n) is 17.3. The predicted molar refractivity (Wildman–Crippen MR) is 127 cm³/mol. The van der Waals surface area contributed by atoms with Gasteiger partial charge in [0.25, 0.3) is 10.0 Å². The van der Waals surface area contributed by atoms with Crippen LogP contribution in [0.1, 0.15) is 5.56 Å². The number of benzene rings is 3. The molecule has 0 radical (unpaired) electrons. The normalized spacial score (nSPS) is 11.1. The number of ether oxygens (including phenoxy) is 1. The fraction of sp³-hybridized carbons (Fsp3) is 0.174. The number of hydrogen-bond acceptors (Lipinski definition) is 4. The average Bonchev–Trinajstić information content (AvgIpc) is 2.79. The van der Waals surface area contributed by atoms with Gasteiger partial charge in [-0.25, -0.2) is 8.42 Å². The highest BCUT2D eigenvalue weighted by Crippen LogP contribution is 2.30. The van der Waals surface area contributed by atoms with Gasteiger partial charge >= 0.3 is 0 Å². The van der Waals surface area contributed by atoms with Gasteiger partial charge in [0.1, 0.15) is 18.9 Å². The quantitative estimate of drug-likeness (QED) is 0.439. The molecule has 0 bridgehead atoms. The highest BCUT2D eigenvalue weighted by molar-refractivity contribution is 7.92. The lowest BCUT2D eigenvalue weighted by atomic mass is 10.2. The summed E-state index contributed by atoms with van der Waals surface area (Å²) in [7, 11) is -4.02. The van der Waals surface area contributed by atoms with E-state index in [1.54, 1.807) is 18.2 Å². The molecule has 1 N–H and O–H groups in total. The van der Waals surface area contributed by atoms with Crippen LogP contribution in [0.2, 0.25) is 10.0 Å². The van der Waals surface area contributed by atoms with Crippen LogP contribution in [0.4, 0.5) is 5.69 Å². The number of nitrogens with one attached hydrogen (secondary N) is 1. The smallest absolute Gasteiger partial charge is 0.264 e. The summed E-state index contributed by atoms with van der Waals surface area (Å²) in [5, 5.41) is 3.15. The Balaban J connectivity index is 1.71. The molecule has 0 aromatic heterocycles. The van der Waals surface area contributed by atoms with E-state index in [4.69, 9.17) is 27.9 Å². The van der Waals surface area contributed by atoms with Gasteiger partial charge in [-0.3, -0.25) is 9.10 Å². The van der Waals surface area contributed by atoms with Gasteiger partial charge in [0.05, 0.1) is 27.2 Å². The van der Waals surface area contributed by atoms with Crippen molar-refractivity contribution in [1.82, 2.24) is 5.32 Å². The van der Waals surface area contributed by atoms with E-state index in [1.807, 2.05) is 31.2 Å². The third kappa shape index (κ3) is 6.16. The second-order valence-electron chi connectivity index (χ2n) is 6.93. The molecule has 0 unspecified atom stereocenters. The first-order valence-corrected chi connectivity index (χ1v) is 12.0. The van der Waals surface area contributed by atoms with Gasteiger partial charge in [-0.1, -0.05) is 59.1 Å². The highest BCUT2D eigenvalue weighted by atomic mass is 35.5. The standard InChI is InChI=1S/C23H22Cl2N2O4S/c1-17-7-10-19(11-8-17)31-14-13-26-23(28)16-27(18-9-12-21(24)22(25)15-18)32(29,30)20-5-3-2-4-6-20/h2-12,15H,13-14,16H2,1H3,(H,26,28). The minimum Gasteiger partial charge on any atom is -0.492 e. The molecular weight excluding hydrogens is 471 g/mol. The number of carbonyl (C=O) groups is 1. The molecule has 0 heterocycles. The van der Waals surface area contributed by atoms with Gasteiger partial charge in [-0.05, 0) is 49.4 Å². The van der Waals surface area contributed by atoms with Crippen molar-refractivity contribution in [2.24, 2.45) is 0 Å². The third-order valence-corrected chi connectivity index (χ3v) is 7.05. The fourth-order valence-electron chi connectivity index (χ4n) is 2.86. The van der Waals surface area contributed by atoms with E-state index in [0.717, 1.165) is 9.87 Å². The predicted octanol–water partition coefficient (Wildman–Crippen LogP) is 4.69. The van der Waals surface area contributed by atoms with Gasteiger partial charge < -0.3 is 10.1 Å². The number of rotatable bonds is 9. The molecule has 3 aromatic rings. The molecule has 1 amide bonds. The fourth-order valence-corrected chi connectivity index (χ4v) is 4.58. The van der Waals surface area contributed by atoms with Gasteiger partial charge in [-0.15, -0.1) is 0 Å². The van der Waals surface area contributed by atoms with Crippen LogP contribution in [0, 0.1) is 6.92 Å². The van der Waals surface area contributed by atoms with Crippen molar-refractivity contribution in [3.63, 3.8) is 0 Å². The summed E-state index contributed by atoms with van der Waals surface area (Å²) in [6.07, 6.45) is 0. The number of anilines is 1. The van der Waals surface area contributed by atoms with Crippen LogP contribution in [-0.2, 0) is 14.8 Å². The number of halogens is 2. The zero-order valence-corrected chi connectivity index (χ0v) is 19.6. The molecule has 0 saturated carbocycles. The number of nitrogens with zero attached hydrogens (tertiary/aromatic N) is 1. The number of amides is 1. The van der Waals surface area contributed by atoms with Crippen LogP contribution in [0.5, 0.6) is 5.75 Å². The molecule has 0 aliphatic heterocycles. The van der Waals surface area contributed by atoms with Crippen molar-refractivity contribution in [2.75, 3.05) is 24.0 Å². The maximum absolute atomic E-state index is 13.3. The second kappa shape index (κ2) is 10.7. The molecule has 0 atom stereocenters. The molecule has 0 aliphatic carbocycles. The van der Waals surface area contributed by atoms with Crippen molar-refractivity contribution in [1.29, 1.82) is 0 Å². The van der Waals surface area contributed by atoms with E-state index >= 15 is 0 Å². The lowest BCUT2D eigenvalue weighted by Crippen LogP contribution is -2.41. The van der Waals surface area contributed by atoms with Crippen molar-refractivity contribution < 1.29 is 17.9 Å². The number of carbonyl (C=O) groups excluding carboxylic acids is 1. The first-order chi connectivity index (χ1) is 15.3. The highest BCUT2D eigenvalue weighted by Gasteiger charge is 2.27. The van der Waals surface area contributed by atoms with Crippen LogP contribution in [-0.4, -0.2) is 34.0 Å². The Morgan fingerprint density at radius 1 is 0.969 bits per heavy atom. The Labute approximate surface area is 197 Å². The third-order valence-electron chi connectivity index (χ3n) is 4.52. The zero-order chi connectivity index (χ0) is 23.1. The summed E-state index contributed by atoms with van der Waals surface area (Å²) in [5.41, 5.74) is 1.35. The van der Waals surface area contributed by atoms with E-state index in [0.29, 0.717) is 5.75 Å². The summed E-state index contributed by atoms with van der Waals surface area (Å²) in [5.74, 6) is 0.206. The largest absolute Gasteiger partial charge is 0.492 e. The Bertz CT molecular complexity index is 1170. The van der Waals surface area contributed by atoms with E-state index < -0.39 is 22.5 Å². The summed E-state index contributed by atoms with van der Waals surface area (Å²) in [4.78, 5) is 12.6. The Hall–Kier alpha value is -2.74. The summed E-state index contributed by atoms with van der Waals surface area (Å²) < 4.78 is 33.1. The molecule has 0 spiro atoms. The monoisotopic (exact) mass is 492 g/mol. The van der Waals surface area contributed by atoms with Gasteiger partial charge in [0.15, 0.2) is 0 Å². The molecule has 3 aromatic carbocycles. The van der Waals surface area contributed by atoms with Crippen molar-refractivity contribution in [2.45, 2.75) is 11.8 Å². The van der Waals surface area contributed by atoms with Crippen LogP contribution in [0.25, 0.3) is 0 Å². The van der Waals surface area contributed by atoms with E-state index in [2.05, 4.69) is 5.32 Å². The van der Waals surface area contributed by atoms with Crippen LogP contribution in [0.15, 0.2) is 77.7 Å². The van der Waals surface area contributed by atoms with E-state index in [9.17, 15) is 13.2 Å². The van der Waals surface area contributed by atoms with Crippen LogP contribution < -0.4 is 14.4 Å². The lowest BCUT2D eigenvalue weighted by molar-refractivity contribution is -0.119.